The first kappa shape index (κ1) is 13.8. The number of aliphatic hydroxyl groups is 1. The highest BCUT2D eigenvalue weighted by Crippen LogP contribution is 2.51. The summed E-state index contributed by atoms with van der Waals surface area (Å²) < 4.78 is 11.3. The molecule has 0 aromatic rings. The van der Waals surface area contributed by atoms with E-state index in [0.717, 1.165) is 25.6 Å². The van der Waals surface area contributed by atoms with Crippen molar-refractivity contribution in [1.82, 2.24) is 5.32 Å². The van der Waals surface area contributed by atoms with Crippen molar-refractivity contribution in [2.75, 3.05) is 26.4 Å². The number of fused-ring (bicyclic) bond motifs is 1. The van der Waals surface area contributed by atoms with Crippen molar-refractivity contribution < 1.29 is 14.6 Å². The van der Waals surface area contributed by atoms with Crippen LogP contribution < -0.4 is 5.32 Å². The van der Waals surface area contributed by atoms with Crippen LogP contribution in [0, 0.1) is 17.3 Å². The second-order valence-corrected chi connectivity index (χ2v) is 7.09. The Kier molecular flexibility index (Phi) is 3.87. The molecule has 3 fully saturated rings. The van der Waals surface area contributed by atoms with Gasteiger partial charge in [0.25, 0.3) is 0 Å². The molecule has 4 heteroatoms. The molecule has 2 saturated carbocycles. The zero-order chi connectivity index (χ0) is 13.5. The Bertz CT molecular complexity index is 317. The van der Waals surface area contributed by atoms with Crippen molar-refractivity contribution in [2.45, 2.75) is 51.4 Å². The van der Waals surface area contributed by atoms with Gasteiger partial charge in [-0.2, -0.15) is 0 Å². The molecule has 110 valence electrons. The summed E-state index contributed by atoms with van der Waals surface area (Å²) >= 11 is 0. The van der Waals surface area contributed by atoms with Gasteiger partial charge < -0.3 is 19.9 Å². The van der Waals surface area contributed by atoms with E-state index in [0.29, 0.717) is 31.2 Å². The number of hydrogen-bond acceptors (Lipinski definition) is 4. The molecule has 3 rings (SSSR count). The number of aliphatic hydroxyl groups excluding tert-OH is 1. The van der Waals surface area contributed by atoms with Gasteiger partial charge in [-0.1, -0.05) is 13.8 Å². The lowest BCUT2D eigenvalue weighted by atomic mass is 9.57. The highest BCUT2D eigenvalue weighted by Gasteiger charge is 2.58. The number of hydrogen-bond donors (Lipinski definition) is 2. The average Bonchev–Trinajstić information content (AvgIpc) is 3.06. The second-order valence-electron chi connectivity index (χ2n) is 7.09. The lowest BCUT2D eigenvalue weighted by Gasteiger charge is -2.55. The normalized spacial score (nSPS) is 37.7. The molecule has 2 N–H and O–H groups in total. The van der Waals surface area contributed by atoms with Gasteiger partial charge in [0, 0.05) is 37.1 Å². The SMILES string of the molecule is CC1(C)C(NCC(O)COCC2CC2)C2CCOC21. The van der Waals surface area contributed by atoms with E-state index in [1.54, 1.807) is 0 Å². The minimum Gasteiger partial charge on any atom is -0.389 e. The van der Waals surface area contributed by atoms with E-state index in [1.807, 2.05) is 0 Å². The monoisotopic (exact) mass is 269 g/mol. The maximum Gasteiger partial charge on any atom is 0.0897 e. The Morgan fingerprint density at radius 1 is 1.37 bits per heavy atom. The van der Waals surface area contributed by atoms with Crippen LogP contribution in [0.2, 0.25) is 0 Å². The Morgan fingerprint density at radius 2 is 2.16 bits per heavy atom. The third-order valence-electron chi connectivity index (χ3n) is 5.03. The smallest absolute Gasteiger partial charge is 0.0897 e. The summed E-state index contributed by atoms with van der Waals surface area (Å²) in [6.45, 7) is 7.32. The fraction of sp³-hybridized carbons (Fsp3) is 1.00. The molecule has 1 aliphatic heterocycles. The van der Waals surface area contributed by atoms with Crippen molar-refractivity contribution in [3.05, 3.63) is 0 Å². The highest BCUT2D eigenvalue weighted by molar-refractivity contribution is 5.11. The highest BCUT2D eigenvalue weighted by atomic mass is 16.5. The van der Waals surface area contributed by atoms with Crippen LogP contribution in [0.15, 0.2) is 0 Å². The zero-order valence-corrected chi connectivity index (χ0v) is 12.1. The van der Waals surface area contributed by atoms with Crippen LogP contribution >= 0.6 is 0 Å². The van der Waals surface area contributed by atoms with Crippen molar-refractivity contribution >= 4 is 0 Å². The Balaban J connectivity index is 1.36. The molecule has 3 aliphatic rings. The van der Waals surface area contributed by atoms with E-state index in [9.17, 15) is 5.11 Å². The zero-order valence-electron chi connectivity index (χ0n) is 12.1. The molecule has 19 heavy (non-hydrogen) atoms. The fourth-order valence-corrected chi connectivity index (χ4v) is 3.72. The standard InChI is InChI=1S/C15H27NO3/c1-15(2)13(12-5-6-19-14(12)15)16-7-11(17)9-18-8-10-3-4-10/h10-14,16-17H,3-9H2,1-2H3. The molecule has 4 nitrogen and oxygen atoms in total. The molecule has 0 spiro atoms. The van der Waals surface area contributed by atoms with E-state index < -0.39 is 6.10 Å². The number of nitrogens with one attached hydrogen (secondary N) is 1. The van der Waals surface area contributed by atoms with Gasteiger partial charge in [0.05, 0.1) is 18.8 Å². The predicted octanol–water partition coefficient (Wildman–Crippen LogP) is 1.18. The van der Waals surface area contributed by atoms with Gasteiger partial charge in [-0.05, 0) is 25.2 Å². The molecule has 0 bridgehead atoms. The summed E-state index contributed by atoms with van der Waals surface area (Å²) in [5.74, 6) is 1.40. The van der Waals surface area contributed by atoms with Crippen LogP contribution in [0.3, 0.4) is 0 Å². The van der Waals surface area contributed by atoms with Crippen LogP contribution in [0.5, 0.6) is 0 Å². The molecule has 1 heterocycles. The number of rotatable bonds is 7. The Hall–Kier alpha value is -0.160. The van der Waals surface area contributed by atoms with E-state index >= 15 is 0 Å². The van der Waals surface area contributed by atoms with Crippen LogP contribution in [-0.4, -0.2) is 49.7 Å². The Morgan fingerprint density at radius 3 is 2.89 bits per heavy atom. The minimum absolute atomic E-state index is 0.190. The minimum atomic E-state index is -0.393. The van der Waals surface area contributed by atoms with Crippen molar-refractivity contribution in [3.8, 4) is 0 Å². The van der Waals surface area contributed by atoms with Gasteiger partial charge in [-0.25, -0.2) is 0 Å². The van der Waals surface area contributed by atoms with Crippen molar-refractivity contribution in [3.63, 3.8) is 0 Å². The van der Waals surface area contributed by atoms with Crippen LogP contribution in [-0.2, 0) is 9.47 Å². The van der Waals surface area contributed by atoms with Crippen molar-refractivity contribution in [2.24, 2.45) is 17.3 Å². The topological polar surface area (TPSA) is 50.7 Å². The first-order chi connectivity index (χ1) is 9.09. The van der Waals surface area contributed by atoms with Gasteiger partial charge >= 0.3 is 0 Å². The summed E-state index contributed by atoms with van der Waals surface area (Å²) in [6, 6.07) is 0.470. The third kappa shape index (κ3) is 2.82. The molecule has 4 atom stereocenters. The van der Waals surface area contributed by atoms with E-state index in [-0.39, 0.29) is 5.41 Å². The molecular formula is C15H27NO3. The lowest BCUT2D eigenvalue weighted by Crippen LogP contribution is -2.66. The maximum absolute atomic E-state index is 9.94. The second kappa shape index (κ2) is 5.32. The van der Waals surface area contributed by atoms with E-state index in [2.05, 4.69) is 19.2 Å². The first-order valence-corrected chi connectivity index (χ1v) is 7.70. The summed E-state index contributed by atoms with van der Waals surface area (Å²) in [5, 5.41) is 13.5. The van der Waals surface area contributed by atoms with Crippen molar-refractivity contribution in [1.29, 1.82) is 0 Å². The molecule has 1 saturated heterocycles. The average molecular weight is 269 g/mol. The fourth-order valence-electron chi connectivity index (χ4n) is 3.72. The first-order valence-electron chi connectivity index (χ1n) is 7.70. The number of ether oxygens (including phenoxy) is 2. The largest absolute Gasteiger partial charge is 0.389 e. The third-order valence-corrected chi connectivity index (χ3v) is 5.03. The molecular weight excluding hydrogens is 242 g/mol. The quantitative estimate of drug-likeness (QED) is 0.728. The maximum atomic E-state index is 9.94. The predicted molar refractivity (Wildman–Crippen MR) is 73.0 cm³/mol. The Labute approximate surface area is 115 Å². The lowest BCUT2D eigenvalue weighted by molar-refractivity contribution is -0.115. The summed E-state index contributed by atoms with van der Waals surface area (Å²) in [5.41, 5.74) is 0.190. The molecule has 4 unspecified atom stereocenters. The van der Waals surface area contributed by atoms with E-state index in [4.69, 9.17) is 9.47 Å². The molecule has 2 aliphatic carbocycles. The van der Waals surface area contributed by atoms with Crippen LogP contribution in [0.1, 0.15) is 33.1 Å². The summed E-state index contributed by atoms with van der Waals surface area (Å²) in [6.07, 6.45) is 3.77. The van der Waals surface area contributed by atoms with E-state index in [1.165, 1.54) is 12.8 Å². The van der Waals surface area contributed by atoms with Crippen LogP contribution in [0.25, 0.3) is 0 Å². The molecule has 0 amide bonds. The van der Waals surface area contributed by atoms with Crippen LogP contribution in [0.4, 0.5) is 0 Å². The van der Waals surface area contributed by atoms with Gasteiger partial charge in [-0.15, -0.1) is 0 Å². The molecule has 0 aromatic heterocycles. The summed E-state index contributed by atoms with van der Waals surface area (Å²) in [4.78, 5) is 0. The van der Waals surface area contributed by atoms with Gasteiger partial charge in [0.2, 0.25) is 0 Å². The molecule has 0 radical (unpaired) electrons. The summed E-state index contributed by atoms with van der Waals surface area (Å²) in [7, 11) is 0. The van der Waals surface area contributed by atoms with Gasteiger partial charge in [0.1, 0.15) is 0 Å². The van der Waals surface area contributed by atoms with Gasteiger partial charge in [-0.3, -0.25) is 0 Å². The van der Waals surface area contributed by atoms with Gasteiger partial charge in [0.15, 0.2) is 0 Å². The molecule has 0 aromatic carbocycles.